The molecule has 0 unspecified atom stereocenters. The van der Waals surface area contributed by atoms with Crippen LogP contribution in [0.4, 0.5) is 17.1 Å². The minimum absolute atomic E-state index is 0.920. The number of benzene rings is 9. The maximum absolute atomic E-state index is 5.23. The van der Waals surface area contributed by atoms with Crippen LogP contribution in [0.5, 0.6) is 0 Å². The van der Waals surface area contributed by atoms with E-state index in [9.17, 15) is 0 Å². The molecule has 0 aliphatic rings. The van der Waals surface area contributed by atoms with Crippen LogP contribution in [-0.4, -0.2) is 9.55 Å². The second-order valence-corrected chi connectivity index (χ2v) is 13.3. The lowest BCUT2D eigenvalue weighted by atomic mass is 9.96. The van der Waals surface area contributed by atoms with Crippen LogP contribution in [0.2, 0.25) is 0 Å². The molecule has 52 heavy (non-hydrogen) atoms. The highest BCUT2D eigenvalue weighted by Gasteiger charge is 2.18. The van der Waals surface area contributed by atoms with Crippen LogP contribution < -0.4 is 4.90 Å². The Bertz CT molecular complexity index is 2890. The van der Waals surface area contributed by atoms with E-state index in [1.54, 1.807) is 0 Å². The van der Waals surface area contributed by atoms with Gasteiger partial charge in [-0.1, -0.05) is 127 Å². The Hall–Kier alpha value is -6.97. The molecule has 0 radical (unpaired) electrons. The van der Waals surface area contributed by atoms with Gasteiger partial charge in [0.1, 0.15) is 5.82 Å². The lowest BCUT2D eigenvalue weighted by molar-refractivity contribution is 1.11. The zero-order valence-electron chi connectivity index (χ0n) is 28.4. The van der Waals surface area contributed by atoms with Crippen LogP contribution in [0.15, 0.2) is 200 Å². The van der Waals surface area contributed by atoms with Gasteiger partial charge in [-0.25, -0.2) is 4.98 Å². The van der Waals surface area contributed by atoms with Crippen LogP contribution in [0.1, 0.15) is 0 Å². The Kier molecular flexibility index (Phi) is 7.14. The van der Waals surface area contributed by atoms with Crippen LogP contribution in [0.3, 0.4) is 0 Å². The number of aromatic nitrogens is 2. The Morgan fingerprint density at radius 2 is 0.962 bits per heavy atom. The molecule has 0 spiro atoms. The third kappa shape index (κ3) is 5.10. The van der Waals surface area contributed by atoms with Crippen molar-refractivity contribution in [3.63, 3.8) is 0 Å². The number of nitrogens with zero attached hydrogens (tertiary/aromatic N) is 3. The van der Waals surface area contributed by atoms with Crippen molar-refractivity contribution in [3.05, 3.63) is 200 Å². The number of hydrogen-bond donors (Lipinski definition) is 0. The van der Waals surface area contributed by atoms with E-state index in [0.717, 1.165) is 45.2 Å². The molecule has 0 saturated carbocycles. The van der Waals surface area contributed by atoms with Gasteiger partial charge in [-0.15, -0.1) is 0 Å². The van der Waals surface area contributed by atoms with E-state index in [-0.39, 0.29) is 0 Å². The molecule has 9 aromatic carbocycles. The molecule has 10 aromatic rings. The maximum Gasteiger partial charge on any atom is 0.145 e. The smallest absolute Gasteiger partial charge is 0.145 e. The minimum Gasteiger partial charge on any atom is -0.310 e. The second-order valence-electron chi connectivity index (χ2n) is 13.3. The molecule has 0 atom stereocenters. The van der Waals surface area contributed by atoms with Gasteiger partial charge in [-0.2, -0.15) is 0 Å². The summed E-state index contributed by atoms with van der Waals surface area (Å²) < 4.78 is 2.30. The SMILES string of the molecule is c1ccc(N(c2ccc(-c3nc4ccc5ccccc5c4n3-c3ccccc3)cc2)c2ccc3cc(-c4cccc5ccccc45)ccc3c2)cc1. The largest absolute Gasteiger partial charge is 0.310 e. The molecule has 0 saturated heterocycles. The average Bonchev–Trinajstić information content (AvgIpc) is 3.62. The van der Waals surface area contributed by atoms with Crippen molar-refractivity contribution in [2.45, 2.75) is 0 Å². The van der Waals surface area contributed by atoms with Crippen molar-refractivity contribution in [2.24, 2.45) is 0 Å². The van der Waals surface area contributed by atoms with Gasteiger partial charge >= 0.3 is 0 Å². The molecule has 1 aromatic heterocycles. The molecular weight excluding hydrogens is 631 g/mol. The molecule has 1 heterocycles. The van der Waals surface area contributed by atoms with Crippen molar-refractivity contribution < 1.29 is 0 Å². The van der Waals surface area contributed by atoms with Gasteiger partial charge in [-0.3, -0.25) is 4.57 Å². The van der Waals surface area contributed by atoms with Crippen molar-refractivity contribution >= 4 is 60.4 Å². The molecule has 10 rings (SSSR count). The van der Waals surface area contributed by atoms with E-state index in [1.807, 2.05) is 0 Å². The monoisotopic (exact) mass is 663 g/mol. The van der Waals surface area contributed by atoms with E-state index in [0.29, 0.717) is 0 Å². The summed E-state index contributed by atoms with van der Waals surface area (Å²) in [6.07, 6.45) is 0. The molecule has 0 fully saturated rings. The van der Waals surface area contributed by atoms with E-state index in [4.69, 9.17) is 4.98 Å². The Morgan fingerprint density at radius 1 is 0.385 bits per heavy atom. The van der Waals surface area contributed by atoms with Gasteiger partial charge in [0.25, 0.3) is 0 Å². The fourth-order valence-corrected chi connectivity index (χ4v) is 7.66. The molecule has 244 valence electrons. The summed E-state index contributed by atoms with van der Waals surface area (Å²) in [6, 6.07) is 71.6. The van der Waals surface area contributed by atoms with Crippen molar-refractivity contribution in [3.8, 4) is 28.2 Å². The molecule has 0 aliphatic carbocycles. The molecule has 3 heteroatoms. The highest BCUT2D eigenvalue weighted by Crippen LogP contribution is 2.39. The standard InChI is InChI=1S/C49H33N3/c1-3-15-40(16-4-1)51(43-30-26-37-32-39(23-22-38(37)33-43)45-21-11-14-34-12-7-9-19-44(34)45)42-28-24-36(25-29-42)49-50-47-31-27-35-13-8-10-20-46(35)48(47)52(49)41-17-5-2-6-18-41/h1-33H. The van der Waals surface area contributed by atoms with Gasteiger partial charge < -0.3 is 4.90 Å². The third-order valence-electron chi connectivity index (χ3n) is 10.1. The fourth-order valence-electron chi connectivity index (χ4n) is 7.66. The normalized spacial score (nSPS) is 11.5. The number of hydrogen-bond acceptors (Lipinski definition) is 2. The lowest BCUT2D eigenvalue weighted by Gasteiger charge is -2.26. The molecule has 0 N–H and O–H groups in total. The Balaban J connectivity index is 1.07. The van der Waals surface area contributed by atoms with Gasteiger partial charge in [0.2, 0.25) is 0 Å². The topological polar surface area (TPSA) is 21.1 Å². The molecule has 3 nitrogen and oxygen atoms in total. The molecule has 0 aliphatic heterocycles. The van der Waals surface area contributed by atoms with Gasteiger partial charge in [0, 0.05) is 33.7 Å². The fraction of sp³-hybridized carbons (Fsp3) is 0. The highest BCUT2D eigenvalue weighted by atomic mass is 15.1. The summed E-state index contributed by atoms with van der Waals surface area (Å²) in [6.45, 7) is 0. The Morgan fingerprint density at radius 3 is 1.77 bits per heavy atom. The second kappa shape index (κ2) is 12.4. The molecular formula is C49H33N3. The quantitative estimate of drug-likeness (QED) is 0.177. The maximum atomic E-state index is 5.23. The van der Waals surface area contributed by atoms with E-state index in [1.165, 1.54) is 43.4 Å². The average molecular weight is 664 g/mol. The van der Waals surface area contributed by atoms with E-state index < -0.39 is 0 Å². The first-order valence-electron chi connectivity index (χ1n) is 17.7. The number of rotatable bonds is 6. The zero-order valence-corrected chi connectivity index (χ0v) is 28.4. The van der Waals surface area contributed by atoms with E-state index in [2.05, 4.69) is 210 Å². The van der Waals surface area contributed by atoms with Gasteiger partial charge in [0.05, 0.1) is 11.0 Å². The van der Waals surface area contributed by atoms with Crippen LogP contribution in [0.25, 0.3) is 71.6 Å². The lowest BCUT2D eigenvalue weighted by Crippen LogP contribution is -2.09. The number of fused-ring (bicyclic) bond motifs is 5. The van der Waals surface area contributed by atoms with Crippen molar-refractivity contribution in [1.82, 2.24) is 9.55 Å². The first kappa shape index (κ1) is 29.9. The zero-order chi connectivity index (χ0) is 34.4. The van der Waals surface area contributed by atoms with Gasteiger partial charge in [0.15, 0.2) is 0 Å². The summed E-state index contributed by atoms with van der Waals surface area (Å²) >= 11 is 0. The molecule has 0 amide bonds. The molecule has 0 bridgehead atoms. The van der Waals surface area contributed by atoms with Gasteiger partial charge in [-0.05, 0) is 111 Å². The highest BCUT2D eigenvalue weighted by molar-refractivity contribution is 6.06. The summed E-state index contributed by atoms with van der Waals surface area (Å²) in [5, 5.41) is 7.33. The third-order valence-corrected chi connectivity index (χ3v) is 10.1. The Labute approximate surface area is 302 Å². The van der Waals surface area contributed by atoms with Crippen molar-refractivity contribution in [2.75, 3.05) is 4.90 Å². The minimum atomic E-state index is 0.920. The number of imidazole rings is 1. The summed E-state index contributed by atoms with van der Waals surface area (Å²) in [5.74, 6) is 0.920. The number of para-hydroxylation sites is 2. The first-order chi connectivity index (χ1) is 25.8. The predicted molar refractivity (Wildman–Crippen MR) is 219 cm³/mol. The van der Waals surface area contributed by atoms with Crippen LogP contribution >= 0.6 is 0 Å². The summed E-state index contributed by atoms with van der Waals surface area (Å²) in [7, 11) is 0. The summed E-state index contributed by atoms with van der Waals surface area (Å²) in [4.78, 5) is 7.56. The summed E-state index contributed by atoms with van der Waals surface area (Å²) in [5.41, 5.74) is 10.0. The predicted octanol–water partition coefficient (Wildman–Crippen LogP) is 13.3. The van der Waals surface area contributed by atoms with Crippen LogP contribution in [0, 0.1) is 0 Å². The number of anilines is 3. The van der Waals surface area contributed by atoms with E-state index >= 15 is 0 Å². The van der Waals surface area contributed by atoms with Crippen molar-refractivity contribution in [1.29, 1.82) is 0 Å². The first-order valence-corrected chi connectivity index (χ1v) is 17.7. The van der Waals surface area contributed by atoms with Crippen LogP contribution in [-0.2, 0) is 0 Å².